The van der Waals surface area contributed by atoms with Crippen molar-refractivity contribution < 1.29 is 4.79 Å². The van der Waals surface area contributed by atoms with E-state index in [1.54, 1.807) is 6.92 Å². The molecule has 1 aromatic carbocycles. The fourth-order valence-corrected chi connectivity index (χ4v) is 2.69. The zero-order chi connectivity index (χ0) is 14.4. The van der Waals surface area contributed by atoms with Crippen LogP contribution in [0.15, 0.2) is 30.3 Å². The second kappa shape index (κ2) is 7.12. The van der Waals surface area contributed by atoms with Gasteiger partial charge >= 0.3 is 0 Å². The average molecular weight is 270 g/mol. The van der Waals surface area contributed by atoms with Crippen LogP contribution >= 0.6 is 0 Å². The van der Waals surface area contributed by atoms with Crippen molar-refractivity contribution in [2.75, 3.05) is 20.1 Å². The topological polar surface area (TPSA) is 23.6 Å². The molecule has 0 aromatic heterocycles. The fraction of sp³-hybridized carbons (Fsp3) is 0.471. The molecule has 106 valence electrons. The lowest BCUT2D eigenvalue weighted by Gasteiger charge is -2.37. The molecule has 1 aliphatic heterocycles. The number of likely N-dealkylation sites (tertiary alicyclic amines) is 1. The average Bonchev–Trinajstić information content (AvgIpc) is 2.48. The molecule has 0 spiro atoms. The standard InChI is InChI=1S/C17H22N2O/c1-3-8-17(20)19-12-7-11-16(14-19)18(2)13-15-9-5-4-6-10-15/h4-6,9-10,16H,7,11-14H2,1-2H3/t16-/m0/s1. The highest BCUT2D eigenvalue weighted by Crippen LogP contribution is 2.17. The summed E-state index contributed by atoms with van der Waals surface area (Å²) in [5, 5.41) is 0. The van der Waals surface area contributed by atoms with Crippen LogP contribution < -0.4 is 0 Å². The number of piperidine rings is 1. The van der Waals surface area contributed by atoms with E-state index in [-0.39, 0.29) is 5.91 Å². The first-order valence-electron chi connectivity index (χ1n) is 7.16. The van der Waals surface area contributed by atoms with Gasteiger partial charge in [0, 0.05) is 25.7 Å². The van der Waals surface area contributed by atoms with Gasteiger partial charge < -0.3 is 4.90 Å². The molecule has 1 saturated heterocycles. The molecule has 0 unspecified atom stereocenters. The van der Waals surface area contributed by atoms with E-state index in [2.05, 4.69) is 48.1 Å². The first-order valence-corrected chi connectivity index (χ1v) is 7.16. The van der Waals surface area contributed by atoms with Gasteiger partial charge in [-0.05, 0) is 38.3 Å². The van der Waals surface area contributed by atoms with E-state index >= 15 is 0 Å². The van der Waals surface area contributed by atoms with Crippen LogP contribution in [0.5, 0.6) is 0 Å². The van der Waals surface area contributed by atoms with Crippen molar-refractivity contribution in [3.63, 3.8) is 0 Å². The first kappa shape index (κ1) is 14.6. The van der Waals surface area contributed by atoms with Crippen LogP contribution in [0, 0.1) is 11.8 Å². The van der Waals surface area contributed by atoms with Gasteiger partial charge in [0.25, 0.3) is 5.91 Å². The lowest BCUT2D eigenvalue weighted by molar-refractivity contribution is -0.127. The van der Waals surface area contributed by atoms with E-state index in [1.807, 2.05) is 11.0 Å². The smallest absolute Gasteiger partial charge is 0.298 e. The van der Waals surface area contributed by atoms with E-state index in [9.17, 15) is 4.79 Å². The SMILES string of the molecule is CC#CC(=O)N1CCC[C@H](N(C)Cc2ccccc2)C1. The van der Waals surface area contributed by atoms with Gasteiger partial charge in [0.2, 0.25) is 0 Å². The molecule has 1 aromatic rings. The predicted molar refractivity (Wildman–Crippen MR) is 81.0 cm³/mol. The molecule has 1 heterocycles. The monoisotopic (exact) mass is 270 g/mol. The number of nitrogens with zero attached hydrogens (tertiary/aromatic N) is 2. The summed E-state index contributed by atoms with van der Waals surface area (Å²) in [6, 6.07) is 10.9. The summed E-state index contributed by atoms with van der Waals surface area (Å²) < 4.78 is 0. The summed E-state index contributed by atoms with van der Waals surface area (Å²) in [5.41, 5.74) is 1.31. The quantitative estimate of drug-likeness (QED) is 0.786. The zero-order valence-corrected chi connectivity index (χ0v) is 12.3. The zero-order valence-electron chi connectivity index (χ0n) is 12.3. The molecule has 1 aliphatic rings. The number of carbonyl (C=O) groups excluding carboxylic acids is 1. The molecule has 0 bridgehead atoms. The summed E-state index contributed by atoms with van der Waals surface area (Å²) in [7, 11) is 2.14. The normalized spacial score (nSPS) is 18.6. The van der Waals surface area contributed by atoms with Crippen molar-refractivity contribution in [3.8, 4) is 11.8 Å². The molecule has 20 heavy (non-hydrogen) atoms. The minimum atomic E-state index is -0.0367. The van der Waals surface area contributed by atoms with Crippen LogP contribution in [0.25, 0.3) is 0 Å². The van der Waals surface area contributed by atoms with Crippen LogP contribution in [0.1, 0.15) is 25.3 Å². The fourth-order valence-electron chi connectivity index (χ4n) is 2.69. The Morgan fingerprint density at radius 3 is 2.85 bits per heavy atom. The number of hydrogen-bond donors (Lipinski definition) is 0. The van der Waals surface area contributed by atoms with Gasteiger partial charge in [-0.2, -0.15) is 0 Å². The molecular weight excluding hydrogens is 248 g/mol. The number of rotatable bonds is 3. The summed E-state index contributed by atoms with van der Waals surface area (Å²) in [5.74, 6) is 5.30. The Balaban J connectivity index is 1.94. The number of likely N-dealkylation sites (N-methyl/N-ethyl adjacent to an activating group) is 1. The van der Waals surface area contributed by atoms with Crippen LogP contribution in [0.3, 0.4) is 0 Å². The van der Waals surface area contributed by atoms with Gasteiger partial charge in [-0.25, -0.2) is 0 Å². The van der Waals surface area contributed by atoms with Gasteiger partial charge in [0.05, 0.1) is 0 Å². The van der Waals surface area contributed by atoms with Gasteiger partial charge in [-0.15, -0.1) is 0 Å². The minimum Gasteiger partial charge on any atom is -0.330 e. The number of amides is 1. The summed E-state index contributed by atoms with van der Waals surface area (Å²) in [6.45, 7) is 4.26. The summed E-state index contributed by atoms with van der Waals surface area (Å²) in [4.78, 5) is 16.1. The largest absolute Gasteiger partial charge is 0.330 e. The second-order valence-corrected chi connectivity index (χ2v) is 5.32. The maximum Gasteiger partial charge on any atom is 0.298 e. The molecule has 0 N–H and O–H groups in total. The van der Waals surface area contributed by atoms with Crippen LogP contribution in [0.4, 0.5) is 0 Å². The Morgan fingerprint density at radius 2 is 2.15 bits per heavy atom. The highest BCUT2D eigenvalue weighted by Gasteiger charge is 2.25. The summed E-state index contributed by atoms with van der Waals surface area (Å²) >= 11 is 0. The van der Waals surface area contributed by atoms with Crippen LogP contribution in [-0.4, -0.2) is 41.9 Å². The Labute approximate surface area is 121 Å². The van der Waals surface area contributed by atoms with Gasteiger partial charge in [0.1, 0.15) is 0 Å². The maximum absolute atomic E-state index is 11.9. The van der Waals surface area contributed by atoms with Crippen LogP contribution in [-0.2, 0) is 11.3 Å². The third-order valence-electron chi connectivity index (χ3n) is 3.81. The Bertz CT molecular complexity index is 501. The van der Waals surface area contributed by atoms with Crippen molar-refractivity contribution >= 4 is 5.91 Å². The summed E-state index contributed by atoms with van der Waals surface area (Å²) in [6.07, 6.45) is 2.20. The molecule has 3 nitrogen and oxygen atoms in total. The molecule has 1 amide bonds. The van der Waals surface area contributed by atoms with Crippen molar-refractivity contribution in [1.29, 1.82) is 0 Å². The lowest BCUT2D eigenvalue weighted by Crippen LogP contribution is -2.48. The molecule has 0 saturated carbocycles. The number of carbonyl (C=O) groups is 1. The first-order chi connectivity index (χ1) is 9.70. The Kier molecular flexibility index (Phi) is 5.20. The maximum atomic E-state index is 11.9. The van der Waals surface area contributed by atoms with E-state index in [0.717, 1.165) is 32.5 Å². The van der Waals surface area contributed by atoms with Crippen LogP contribution in [0.2, 0.25) is 0 Å². The van der Waals surface area contributed by atoms with E-state index < -0.39 is 0 Å². The van der Waals surface area contributed by atoms with E-state index in [4.69, 9.17) is 0 Å². The van der Waals surface area contributed by atoms with Crippen molar-refractivity contribution in [1.82, 2.24) is 9.80 Å². The predicted octanol–water partition coefficient (Wildman–Crippen LogP) is 2.13. The van der Waals surface area contributed by atoms with E-state index in [1.165, 1.54) is 5.56 Å². The Morgan fingerprint density at radius 1 is 1.40 bits per heavy atom. The molecular formula is C17H22N2O. The molecule has 0 radical (unpaired) electrons. The van der Waals surface area contributed by atoms with Gasteiger partial charge in [-0.3, -0.25) is 9.69 Å². The Hall–Kier alpha value is -1.79. The molecule has 2 rings (SSSR count). The molecule has 1 atom stereocenters. The minimum absolute atomic E-state index is 0.0367. The highest BCUT2D eigenvalue weighted by atomic mass is 16.2. The molecule has 0 aliphatic carbocycles. The number of hydrogen-bond acceptors (Lipinski definition) is 2. The third-order valence-corrected chi connectivity index (χ3v) is 3.81. The third kappa shape index (κ3) is 3.85. The van der Waals surface area contributed by atoms with Gasteiger partial charge in [0.15, 0.2) is 0 Å². The van der Waals surface area contributed by atoms with Crippen molar-refractivity contribution in [3.05, 3.63) is 35.9 Å². The van der Waals surface area contributed by atoms with Crippen molar-refractivity contribution in [2.24, 2.45) is 0 Å². The molecule has 1 fully saturated rings. The van der Waals surface area contributed by atoms with E-state index in [0.29, 0.717) is 6.04 Å². The highest BCUT2D eigenvalue weighted by molar-refractivity contribution is 5.93. The lowest BCUT2D eigenvalue weighted by atomic mass is 10.0. The van der Waals surface area contributed by atoms with Crippen molar-refractivity contribution in [2.45, 2.75) is 32.4 Å². The second-order valence-electron chi connectivity index (χ2n) is 5.32. The molecule has 3 heteroatoms. The number of benzene rings is 1. The van der Waals surface area contributed by atoms with Gasteiger partial charge in [-0.1, -0.05) is 36.3 Å².